The molecule has 0 aromatic heterocycles. The molecular formula is C14H16ClNO3. The number of carboxylic acid groups (broad SMARTS) is 1. The number of carbonyl (C=O) groups is 2. The maximum atomic E-state index is 12.2. The van der Waals surface area contributed by atoms with Gasteiger partial charge in [-0.05, 0) is 30.9 Å². The van der Waals surface area contributed by atoms with Crippen molar-refractivity contribution in [1.29, 1.82) is 0 Å². The minimum absolute atomic E-state index is 0.157. The molecule has 1 atom stereocenters. The molecule has 1 aromatic rings. The van der Waals surface area contributed by atoms with E-state index in [9.17, 15) is 9.59 Å². The first-order valence-electron chi connectivity index (χ1n) is 6.27. The fourth-order valence-electron chi connectivity index (χ4n) is 2.43. The average molecular weight is 282 g/mol. The summed E-state index contributed by atoms with van der Waals surface area (Å²) in [5.41, 5.74) is 1.67. The molecule has 1 unspecified atom stereocenters. The summed E-state index contributed by atoms with van der Waals surface area (Å²) in [6, 6.07) is 4.85. The van der Waals surface area contributed by atoms with Crippen molar-refractivity contribution in [2.75, 3.05) is 6.54 Å². The molecule has 5 heteroatoms. The van der Waals surface area contributed by atoms with Gasteiger partial charge in [-0.15, -0.1) is 0 Å². The van der Waals surface area contributed by atoms with Gasteiger partial charge in [0, 0.05) is 11.6 Å². The number of carboxylic acids is 1. The van der Waals surface area contributed by atoms with Gasteiger partial charge in [-0.3, -0.25) is 4.79 Å². The number of halogens is 1. The maximum absolute atomic E-state index is 12.2. The maximum Gasteiger partial charge on any atom is 0.326 e. The monoisotopic (exact) mass is 281 g/mol. The molecule has 1 aliphatic rings. The van der Waals surface area contributed by atoms with Crippen LogP contribution in [0.2, 0.25) is 5.02 Å². The third kappa shape index (κ3) is 2.89. The number of carbonyl (C=O) groups excluding carboxylic acids is 1. The molecule has 1 amide bonds. The van der Waals surface area contributed by atoms with Gasteiger partial charge >= 0.3 is 5.97 Å². The molecule has 0 spiro atoms. The number of nitrogens with zero attached hydrogens (tertiary/aromatic N) is 1. The summed E-state index contributed by atoms with van der Waals surface area (Å²) in [4.78, 5) is 24.7. The number of hydrogen-bond donors (Lipinski definition) is 1. The van der Waals surface area contributed by atoms with Crippen LogP contribution >= 0.6 is 11.6 Å². The average Bonchev–Trinajstić information content (AvgIpc) is 2.84. The Kier molecular flexibility index (Phi) is 4.10. The predicted octanol–water partition coefficient (Wildman–Crippen LogP) is 2.27. The van der Waals surface area contributed by atoms with Crippen molar-refractivity contribution < 1.29 is 14.7 Å². The van der Waals surface area contributed by atoms with Gasteiger partial charge in [0.25, 0.3) is 0 Å². The van der Waals surface area contributed by atoms with Crippen LogP contribution in [0.15, 0.2) is 18.2 Å². The van der Waals surface area contributed by atoms with Gasteiger partial charge in [-0.1, -0.05) is 29.8 Å². The minimum atomic E-state index is -0.929. The molecule has 19 heavy (non-hydrogen) atoms. The Morgan fingerprint density at radius 1 is 1.47 bits per heavy atom. The van der Waals surface area contributed by atoms with Gasteiger partial charge in [0.05, 0.1) is 6.42 Å². The van der Waals surface area contributed by atoms with Crippen LogP contribution in [0.1, 0.15) is 24.0 Å². The molecule has 0 aliphatic carbocycles. The van der Waals surface area contributed by atoms with Gasteiger partial charge in [-0.2, -0.15) is 0 Å². The largest absolute Gasteiger partial charge is 0.480 e. The zero-order valence-corrected chi connectivity index (χ0v) is 11.5. The normalized spacial score (nSPS) is 18.6. The molecule has 1 saturated heterocycles. The summed E-state index contributed by atoms with van der Waals surface area (Å²) in [6.45, 7) is 2.39. The number of rotatable bonds is 3. The van der Waals surface area contributed by atoms with Gasteiger partial charge in [0.1, 0.15) is 6.04 Å². The van der Waals surface area contributed by atoms with Crippen molar-refractivity contribution in [3.05, 3.63) is 34.3 Å². The smallest absolute Gasteiger partial charge is 0.326 e. The minimum Gasteiger partial charge on any atom is -0.480 e. The van der Waals surface area contributed by atoms with Gasteiger partial charge in [0.15, 0.2) is 0 Å². The zero-order chi connectivity index (χ0) is 14.0. The van der Waals surface area contributed by atoms with Crippen LogP contribution in [0.5, 0.6) is 0 Å². The van der Waals surface area contributed by atoms with Crippen LogP contribution < -0.4 is 0 Å². The third-order valence-corrected chi connectivity index (χ3v) is 4.01. The molecule has 0 saturated carbocycles. The highest BCUT2D eigenvalue weighted by Gasteiger charge is 2.33. The Balaban J connectivity index is 2.13. The lowest BCUT2D eigenvalue weighted by atomic mass is 10.1. The summed E-state index contributed by atoms with van der Waals surface area (Å²) >= 11 is 6.16. The van der Waals surface area contributed by atoms with E-state index >= 15 is 0 Å². The summed E-state index contributed by atoms with van der Waals surface area (Å²) in [7, 11) is 0. The highest BCUT2D eigenvalue weighted by atomic mass is 35.5. The highest BCUT2D eigenvalue weighted by molar-refractivity contribution is 6.32. The first-order chi connectivity index (χ1) is 9.00. The molecule has 0 radical (unpaired) electrons. The lowest BCUT2D eigenvalue weighted by Crippen LogP contribution is -2.41. The van der Waals surface area contributed by atoms with E-state index in [0.717, 1.165) is 17.5 Å². The Bertz CT molecular complexity index is 515. The van der Waals surface area contributed by atoms with Crippen molar-refractivity contribution in [3.8, 4) is 0 Å². The van der Waals surface area contributed by atoms with Crippen LogP contribution in [0.25, 0.3) is 0 Å². The second-order valence-corrected chi connectivity index (χ2v) is 5.19. The Morgan fingerprint density at radius 3 is 2.89 bits per heavy atom. The molecular weight excluding hydrogens is 266 g/mol. The lowest BCUT2D eigenvalue weighted by Gasteiger charge is -2.21. The molecule has 1 N–H and O–H groups in total. The molecule has 1 aromatic carbocycles. The van der Waals surface area contributed by atoms with Crippen LogP contribution in [0.3, 0.4) is 0 Å². The second-order valence-electron chi connectivity index (χ2n) is 4.81. The number of amides is 1. The van der Waals surface area contributed by atoms with E-state index < -0.39 is 12.0 Å². The molecule has 1 heterocycles. The fourth-order valence-corrected chi connectivity index (χ4v) is 2.62. The Morgan fingerprint density at radius 2 is 2.21 bits per heavy atom. The van der Waals surface area contributed by atoms with Gasteiger partial charge in [0.2, 0.25) is 5.91 Å². The number of aliphatic carboxylic acids is 1. The van der Waals surface area contributed by atoms with E-state index in [4.69, 9.17) is 16.7 Å². The molecule has 2 rings (SSSR count). The molecule has 102 valence electrons. The first kappa shape index (κ1) is 13.9. The second kappa shape index (κ2) is 5.61. The Labute approximate surface area is 117 Å². The van der Waals surface area contributed by atoms with Crippen LogP contribution in [-0.2, 0) is 16.0 Å². The Hall–Kier alpha value is -1.55. The van der Waals surface area contributed by atoms with Crippen molar-refractivity contribution in [1.82, 2.24) is 4.90 Å². The summed E-state index contributed by atoms with van der Waals surface area (Å²) < 4.78 is 0. The summed E-state index contributed by atoms with van der Waals surface area (Å²) in [5, 5.41) is 9.66. The van der Waals surface area contributed by atoms with E-state index in [2.05, 4.69) is 0 Å². The van der Waals surface area contributed by atoms with E-state index in [0.29, 0.717) is 18.0 Å². The SMILES string of the molecule is Cc1cccc(CC(=O)N2CCCC2C(=O)O)c1Cl. The first-order valence-corrected chi connectivity index (χ1v) is 6.64. The van der Waals surface area contributed by atoms with Crippen LogP contribution in [0, 0.1) is 6.92 Å². The van der Waals surface area contributed by atoms with E-state index in [1.165, 1.54) is 4.90 Å². The van der Waals surface area contributed by atoms with Crippen molar-refractivity contribution in [2.24, 2.45) is 0 Å². The van der Waals surface area contributed by atoms with Crippen molar-refractivity contribution in [3.63, 3.8) is 0 Å². The van der Waals surface area contributed by atoms with Gasteiger partial charge in [-0.25, -0.2) is 4.79 Å². The lowest BCUT2D eigenvalue weighted by molar-refractivity contribution is -0.148. The third-order valence-electron chi connectivity index (χ3n) is 3.47. The standard InChI is InChI=1S/C14H16ClNO3/c1-9-4-2-5-10(13(9)15)8-12(17)16-7-3-6-11(16)14(18)19/h2,4-5,11H,3,6-8H2,1H3,(H,18,19). The number of likely N-dealkylation sites (tertiary alicyclic amines) is 1. The molecule has 1 aliphatic heterocycles. The topological polar surface area (TPSA) is 57.6 Å². The molecule has 0 bridgehead atoms. The highest BCUT2D eigenvalue weighted by Crippen LogP contribution is 2.23. The summed E-state index contributed by atoms with van der Waals surface area (Å²) in [6.07, 6.45) is 1.43. The predicted molar refractivity (Wildman–Crippen MR) is 72.3 cm³/mol. The number of aryl methyl sites for hydroxylation is 1. The van der Waals surface area contributed by atoms with Crippen molar-refractivity contribution in [2.45, 2.75) is 32.2 Å². The molecule has 1 fully saturated rings. The number of benzene rings is 1. The van der Waals surface area contributed by atoms with E-state index in [-0.39, 0.29) is 12.3 Å². The fraction of sp³-hybridized carbons (Fsp3) is 0.429. The molecule has 4 nitrogen and oxygen atoms in total. The van der Waals surface area contributed by atoms with Crippen LogP contribution in [-0.4, -0.2) is 34.5 Å². The summed E-state index contributed by atoms with van der Waals surface area (Å²) in [5.74, 6) is -1.10. The van der Waals surface area contributed by atoms with Gasteiger partial charge < -0.3 is 10.0 Å². The van der Waals surface area contributed by atoms with E-state index in [1.54, 1.807) is 6.07 Å². The number of hydrogen-bond acceptors (Lipinski definition) is 2. The quantitative estimate of drug-likeness (QED) is 0.925. The zero-order valence-electron chi connectivity index (χ0n) is 10.7. The van der Waals surface area contributed by atoms with Crippen molar-refractivity contribution >= 4 is 23.5 Å². The van der Waals surface area contributed by atoms with E-state index in [1.807, 2.05) is 19.1 Å². The van der Waals surface area contributed by atoms with Crippen LogP contribution in [0.4, 0.5) is 0 Å².